The minimum atomic E-state index is -4.90. The number of imidazole rings is 1. The Labute approximate surface area is 252 Å². The standard InChI is InChI=1S/C29H23F6N5O4S/c1-15-27(28(31)32)37-16(2)39(15)23-9-6-18(19-10-22(30)21(14-41)26(12-19)45(3,42)43)11-24(23)40-25(13-36-38-40)17-4-7-20(8-5-17)44-29(33,34)35/h4-13,28,41H,14H2,1-3H3. The highest BCUT2D eigenvalue weighted by Gasteiger charge is 2.31. The maximum Gasteiger partial charge on any atom is 0.573 e. The zero-order valence-electron chi connectivity index (χ0n) is 23.6. The van der Waals surface area contributed by atoms with Crippen molar-refractivity contribution in [1.82, 2.24) is 24.5 Å². The van der Waals surface area contributed by atoms with Crippen LogP contribution in [0.2, 0.25) is 0 Å². The predicted octanol–water partition coefficient (Wildman–Crippen LogP) is 6.27. The van der Waals surface area contributed by atoms with Crippen molar-refractivity contribution in [2.24, 2.45) is 0 Å². The second-order valence-electron chi connectivity index (χ2n) is 9.94. The van der Waals surface area contributed by atoms with Crippen LogP contribution in [0.4, 0.5) is 26.3 Å². The van der Waals surface area contributed by atoms with Crippen LogP contribution in [0.1, 0.15) is 29.2 Å². The second-order valence-corrected chi connectivity index (χ2v) is 11.9. The summed E-state index contributed by atoms with van der Waals surface area (Å²) in [4.78, 5) is 3.58. The highest BCUT2D eigenvalue weighted by atomic mass is 32.2. The topological polar surface area (TPSA) is 112 Å². The summed E-state index contributed by atoms with van der Waals surface area (Å²) in [5.41, 5.74) is 0.762. The van der Waals surface area contributed by atoms with E-state index in [-0.39, 0.29) is 39.7 Å². The Balaban J connectivity index is 1.74. The van der Waals surface area contributed by atoms with Crippen molar-refractivity contribution >= 4 is 9.84 Å². The molecule has 0 spiro atoms. The molecule has 236 valence electrons. The normalized spacial score (nSPS) is 12.2. The third-order valence-corrected chi connectivity index (χ3v) is 8.10. The molecule has 0 aliphatic heterocycles. The Morgan fingerprint density at radius 2 is 1.62 bits per heavy atom. The predicted molar refractivity (Wildman–Crippen MR) is 149 cm³/mol. The van der Waals surface area contributed by atoms with Crippen molar-refractivity contribution in [3.63, 3.8) is 0 Å². The summed E-state index contributed by atoms with van der Waals surface area (Å²) in [5.74, 6) is -1.23. The number of aryl methyl sites for hydroxylation is 1. The van der Waals surface area contributed by atoms with Gasteiger partial charge in [0.15, 0.2) is 9.84 Å². The van der Waals surface area contributed by atoms with Crippen LogP contribution in [0, 0.1) is 19.7 Å². The number of nitrogens with zero attached hydrogens (tertiary/aromatic N) is 5. The molecule has 0 radical (unpaired) electrons. The fraction of sp³-hybridized carbons (Fsp3) is 0.207. The molecule has 2 heterocycles. The van der Waals surface area contributed by atoms with Crippen molar-refractivity contribution in [2.45, 2.75) is 38.1 Å². The highest BCUT2D eigenvalue weighted by molar-refractivity contribution is 7.90. The summed E-state index contributed by atoms with van der Waals surface area (Å²) in [7, 11) is -3.97. The maximum atomic E-state index is 15.0. The van der Waals surface area contributed by atoms with Crippen molar-refractivity contribution in [3.8, 4) is 39.5 Å². The lowest BCUT2D eigenvalue weighted by atomic mass is 10.0. The first-order valence-corrected chi connectivity index (χ1v) is 14.9. The van der Waals surface area contributed by atoms with Gasteiger partial charge in [-0.1, -0.05) is 11.3 Å². The quantitative estimate of drug-likeness (QED) is 0.197. The number of benzene rings is 3. The van der Waals surface area contributed by atoms with Gasteiger partial charge in [-0.05, 0) is 73.5 Å². The molecule has 0 saturated carbocycles. The third-order valence-electron chi connectivity index (χ3n) is 6.94. The van der Waals surface area contributed by atoms with Gasteiger partial charge in [0.1, 0.15) is 23.1 Å². The smallest absolute Gasteiger partial charge is 0.406 e. The number of hydrogen-bond acceptors (Lipinski definition) is 7. The van der Waals surface area contributed by atoms with Crippen LogP contribution in [0.25, 0.3) is 33.8 Å². The summed E-state index contributed by atoms with van der Waals surface area (Å²) in [6.45, 7) is 2.10. The molecule has 16 heteroatoms. The first-order chi connectivity index (χ1) is 21.1. The monoisotopic (exact) mass is 651 g/mol. The van der Waals surface area contributed by atoms with Crippen LogP contribution < -0.4 is 4.74 Å². The Bertz CT molecular complexity index is 2000. The minimum absolute atomic E-state index is 0.112. The zero-order valence-corrected chi connectivity index (χ0v) is 24.5. The number of ether oxygens (including phenoxy) is 1. The molecule has 1 N–H and O–H groups in total. The van der Waals surface area contributed by atoms with Gasteiger partial charge in [-0.3, -0.25) is 4.57 Å². The van der Waals surface area contributed by atoms with E-state index in [1.54, 1.807) is 0 Å². The summed E-state index contributed by atoms with van der Waals surface area (Å²) >= 11 is 0. The molecule has 0 unspecified atom stereocenters. The number of halogens is 6. The third kappa shape index (κ3) is 6.28. The van der Waals surface area contributed by atoms with Crippen molar-refractivity contribution in [3.05, 3.63) is 89.4 Å². The summed E-state index contributed by atoms with van der Waals surface area (Å²) < 4.78 is 112. The molecule has 0 amide bonds. The fourth-order valence-corrected chi connectivity index (χ4v) is 5.94. The SMILES string of the molecule is Cc1nc(C(F)F)c(C)n1-c1ccc(-c2cc(F)c(CO)c(S(C)(=O)=O)c2)cc1-n1nncc1-c1ccc(OC(F)(F)F)cc1. The average Bonchev–Trinajstić information content (AvgIpc) is 3.55. The van der Waals surface area contributed by atoms with Gasteiger partial charge in [0.25, 0.3) is 6.43 Å². The van der Waals surface area contributed by atoms with E-state index in [0.29, 0.717) is 5.56 Å². The number of aliphatic hydroxyl groups excluding tert-OH is 1. The van der Waals surface area contributed by atoms with E-state index in [0.717, 1.165) is 24.5 Å². The molecule has 0 aliphatic carbocycles. The van der Waals surface area contributed by atoms with E-state index in [1.165, 1.54) is 65.7 Å². The molecular weight excluding hydrogens is 628 g/mol. The van der Waals surface area contributed by atoms with Crippen LogP contribution in [0.3, 0.4) is 0 Å². The number of sulfone groups is 1. The molecule has 0 bridgehead atoms. The van der Waals surface area contributed by atoms with Crippen LogP contribution in [0.5, 0.6) is 5.75 Å². The van der Waals surface area contributed by atoms with Crippen LogP contribution in [0.15, 0.2) is 65.7 Å². The molecule has 45 heavy (non-hydrogen) atoms. The summed E-state index contributed by atoms with van der Waals surface area (Å²) in [6.07, 6.45) is -5.58. The van der Waals surface area contributed by atoms with Crippen LogP contribution in [-0.4, -0.2) is 50.7 Å². The molecule has 3 aromatic carbocycles. The van der Waals surface area contributed by atoms with Crippen molar-refractivity contribution in [2.75, 3.05) is 6.26 Å². The van der Waals surface area contributed by atoms with Crippen LogP contribution >= 0.6 is 0 Å². The Morgan fingerprint density at radius 3 is 2.20 bits per heavy atom. The first kappa shape index (κ1) is 31.7. The molecule has 0 saturated heterocycles. The first-order valence-electron chi connectivity index (χ1n) is 13.0. The zero-order chi connectivity index (χ0) is 32.8. The highest BCUT2D eigenvalue weighted by Crippen LogP contribution is 2.35. The Kier molecular flexibility index (Phi) is 8.22. The van der Waals surface area contributed by atoms with Gasteiger partial charge in [0, 0.05) is 23.1 Å². The van der Waals surface area contributed by atoms with Crippen molar-refractivity contribution < 1.29 is 44.6 Å². The van der Waals surface area contributed by atoms with E-state index in [9.17, 15) is 35.5 Å². The maximum absolute atomic E-state index is 15.0. The van der Waals surface area contributed by atoms with Crippen molar-refractivity contribution in [1.29, 1.82) is 0 Å². The molecule has 0 atom stereocenters. The van der Waals surface area contributed by atoms with Gasteiger partial charge in [0.2, 0.25) is 0 Å². The van der Waals surface area contributed by atoms with E-state index in [2.05, 4.69) is 20.0 Å². The van der Waals surface area contributed by atoms with Gasteiger partial charge in [0.05, 0.1) is 34.8 Å². The number of alkyl halides is 5. The van der Waals surface area contributed by atoms with Gasteiger partial charge in [-0.25, -0.2) is 31.3 Å². The number of hydrogen-bond donors (Lipinski definition) is 1. The summed E-state index contributed by atoms with van der Waals surface area (Å²) in [5, 5.41) is 17.7. The summed E-state index contributed by atoms with van der Waals surface area (Å²) in [6, 6.07) is 11.6. The number of aromatic nitrogens is 5. The van der Waals surface area contributed by atoms with E-state index >= 15 is 4.39 Å². The molecule has 0 aliphatic rings. The fourth-order valence-electron chi connectivity index (χ4n) is 4.99. The molecule has 2 aromatic heterocycles. The molecule has 0 fully saturated rings. The number of rotatable bonds is 8. The van der Waals surface area contributed by atoms with E-state index < -0.39 is 57.0 Å². The van der Waals surface area contributed by atoms with Crippen LogP contribution in [-0.2, 0) is 16.4 Å². The largest absolute Gasteiger partial charge is 0.573 e. The average molecular weight is 652 g/mol. The lowest BCUT2D eigenvalue weighted by molar-refractivity contribution is -0.274. The van der Waals surface area contributed by atoms with E-state index in [1.807, 2.05) is 0 Å². The minimum Gasteiger partial charge on any atom is -0.406 e. The molecule has 5 rings (SSSR count). The molecule has 9 nitrogen and oxygen atoms in total. The lowest BCUT2D eigenvalue weighted by Gasteiger charge is -2.18. The van der Waals surface area contributed by atoms with E-state index in [4.69, 9.17) is 0 Å². The van der Waals surface area contributed by atoms with Gasteiger partial charge < -0.3 is 9.84 Å². The van der Waals surface area contributed by atoms with Gasteiger partial charge in [-0.2, -0.15) is 0 Å². The molecular formula is C29H23F6N5O4S. The lowest BCUT2D eigenvalue weighted by Crippen LogP contribution is -2.17. The number of aliphatic hydroxyl groups is 1. The molecule has 5 aromatic rings. The second kappa shape index (κ2) is 11.7. The Hall–Kier alpha value is -4.70. The van der Waals surface area contributed by atoms with Gasteiger partial charge >= 0.3 is 6.36 Å². The van der Waals surface area contributed by atoms with Gasteiger partial charge in [-0.15, -0.1) is 18.3 Å². The Morgan fingerprint density at radius 1 is 0.956 bits per heavy atom.